The lowest BCUT2D eigenvalue weighted by Crippen LogP contribution is -2.23. The number of benzene rings is 2. The molecule has 0 aliphatic heterocycles. The van der Waals surface area contributed by atoms with Crippen molar-refractivity contribution in [3.8, 4) is 6.07 Å². The van der Waals surface area contributed by atoms with E-state index in [0.717, 1.165) is 10.6 Å². The average molecular weight is 357 g/mol. The Morgan fingerprint density at radius 2 is 1.88 bits per heavy atom. The number of nitriles is 1. The van der Waals surface area contributed by atoms with Crippen molar-refractivity contribution in [3.05, 3.63) is 69.0 Å². The first kappa shape index (κ1) is 16.5. The predicted octanol–water partition coefficient (Wildman–Crippen LogP) is 1.16. The maximum absolute atomic E-state index is 12.6. The Balaban J connectivity index is 2.14. The molecular formula is C16H11N3O5S. The minimum atomic E-state index is -4.05. The topological polar surface area (TPSA) is 122 Å². The normalized spacial score (nSPS) is 11.2. The van der Waals surface area contributed by atoms with Crippen LogP contribution in [0.25, 0.3) is 10.9 Å². The van der Waals surface area contributed by atoms with Gasteiger partial charge in [0.05, 0.1) is 27.0 Å². The third kappa shape index (κ3) is 2.90. The molecule has 8 nitrogen and oxygen atoms in total. The molecule has 0 bridgehead atoms. The Kier molecular flexibility index (Phi) is 3.90. The average Bonchev–Trinajstić information content (AvgIpc) is 2.59. The molecule has 0 amide bonds. The first-order chi connectivity index (χ1) is 11.8. The van der Waals surface area contributed by atoms with E-state index in [2.05, 4.69) is 9.14 Å². The van der Waals surface area contributed by atoms with Crippen LogP contribution < -0.4 is 16.1 Å². The summed E-state index contributed by atoms with van der Waals surface area (Å²) < 4.78 is 33.1. The summed E-state index contributed by atoms with van der Waals surface area (Å²) in [5.41, 5.74) is -0.392. The first-order valence-electron chi connectivity index (χ1n) is 6.99. The SMILES string of the molecule is Cn1c(=O)oc(=O)c2cc(S(=O)(=O)Nc3ccccc3C#N)ccc21. The van der Waals surface area contributed by atoms with Crippen molar-refractivity contribution < 1.29 is 12.8 Å². The number of para-hydroxylation sites is 1. The van der Waals surface area contributed by atoms with Gasteiger partial charge in [0.15, 0.2) is 0 Å². The van der Waals surface area contributed by atoms with Gasteiger partial charge in [0.1, 0.15) is 6.07 Å². The van der Waals surface area contributed by atoms with Gasteiger partial charge in [-0.25, -0.2) is 18.0 Å². The fraction of sp³-hybridized carbons (Fsp3) is 0.0625. The van der Waals surface area contributed by atoms with E-state index < -0.39 is 21.4 Å². The minimum absolute atomic E-state index is 0.0430. The number of aryl methyl sites for hydroxylation is 1. The van der Waals surface area contributed by atoms with Gasteiger partial charge in [-0.05, 0) is 30.3 Å². The smallest absolute Gasteiger partial charge is 0.372 e. The van der Waals surface area contributed by atoms with Crippen molar-refractivity contribution >= 4 is 26.6 Å². The molecule has 1 aromatic heterocycles. The molecule has 2 aromatic carbocycles. The number of nitrogens with one attached hydrogen (secondary N) is 1. The molecule has 25 heavy (non-hydrogen) atoms. The van der Waals surface area contributed by atoms with E-state index in [4.69, 9.17) is 5.26 Å². The minimum Gasteiger partial charge on any atom is -0.372 e. The van der Waals surface area contributed by atoms with Crippen molar-refractivity contribution in [1.29, 1.82) is 5.26 Å². The number of nitrogens with zero attached hydrogens (tertiary/aromatic N) is 2. The quantitative estimate of drug-likeness (QED) is 0.750. The molecule has 0 aliphatic rings. The van der Waals surface area contributed by atoms with Crippen LogP contribution in [-0.2, 0) is 17.1 Å². The Morgan fingerprint density at radius 3 is 2.60 bits per heavy atom. The first-order valence-corrected chi connectivity index (χ1v) is 8.47. The number of rotatable bonds is 3. The predicted molar refractivity (Wildman–Crippen MR) is 89.7 cm³/mol. The fourth-order valence-corrected chi connectivity index (χ4v) is 3.42. The van der Waals surface area contributed by atoms with Gasteiger partial charge in [-0.3, -0.25) is 9.29 Å². The van der Waals surface area contributed by atoms with Gasteiger partial charge in [0.2, 0.25) is 0 Å². The zero-order valence-electron chi connectivity index (χ0n) is 12.9. The number of hydrogen-bond acceptors (Lipinski definition) is 6. The van der Waals surface area contributed by atoms with Gasteiger partial charge in [0.25, 0.3) is 10.0 Å². The second kappa shape index (κ2) is 5.92. The van der Waals surface area contributed by atoms with Crippen molar-refractivity contribution in [2.75, 3.05) is 4.72 Å². The van der Waals surface area contributed by atoms with Gasteiger partial charge in [-0.15, -0.1) is 0 Å². The fourth-order valence-electron chi connectivity index (χ4n) is 2.31. The van der Waals surface area contributed by atoms with E-state index in [1.54, 1.807) is 12.1 Å². The van der Waals surface area contributed by atoms with Crippen molar-refractivity contribution in [3.63, 3.8) is 0 Å². The summed E-state index contributed by atoms with van der Waals surface area (Å²) in [5.74, 6) is -0.839. The second-order valence-electron chi connectivity index (χ2n) is 5.16. The summed E-state index contributed by atoms with van der Waals surface area (Å²) in [4.78, 5) is 23.1. The number of sulfonamides is 1. The van der Waals surface area contributed by atoms with Crippen LogP contribution in [0.1, 0.15) is 5.56 Å². The molecule has 0 unspecified atom stereocenters. The van der Waals surface area contributed by atoms with E-state index >= 15 is 0 Å². The van der Waals surface area contributed by atoms with E-state index in [1.165, 1.54) is 31.3 Å². The summed E-state index contributed by atoms with van der Waals surface area (Å²) in [6.45, 7) is 0. The number of hydrogen-bond donors (Lipinski definition) is 1. The van der Waals surface area contributed by atoms with E-state index in [0.29, 0.717) is 0 Å². The van der Waals surface area contributed by atoms with E-state index in [-0.39, 0.29) is 27.0 Å². The number of fused-ring (bicyclic) bond motifs is 1. The van der Waals surface area contributed by atoms with Gasteiger partial charge in [-0.1, -0.05) is 12.1 Å². The second-order valence-corrected chi connectivity index (χ2v) is 6.84. The summed E-state index contributed by atoms with van der Waals surface area (Å²) in [5, 5.41) is 9.01. The van der Waals surface area contributed by atoms with Gasteiger partial charge in [0, 0.05) is 7.05 Å². The Bertz CT molecular complexity index is 1250. The zero-order valence-corrected chi connectivity index (χ0v) is 13.7. The van der Waals surface area contributed by atoms with Crippen molar-refractivity contribution in [2.24, 2.45) is 7.05 Å². The van der Waals surface area contributed by atoms with Crippen LogP contribution in [0.15, 0.2) is 61.4 Å². The molecule has 0 radical (unpaired) electrons. The number of anilines is 1. The molecule has 0 saturated heterocycles. The standard InChI is InChI=1S/C16H11N3O5S/c1-19-14-7-6-11(8-12(14)15(20)24-16(19)21)25(22,23)18-13-5-3-2-4-10(13)9-17/h2-8,18H,1H3. The molecule has 126 valence electrons. The lowest BCUT2D eigenvalue weighted by atomic mass is 10.2. The molecule has 1 N–H and O–H groups in total. The molecule has 1 heterocycles. The Morgan fingerprint density at radius 1 is 1.16 bits per heavy atom. The highest BCUT2D eigenvalue weighted by Gasteiger charge is 2.18. The lowest BCUT2D eigenvalue weighted by molar-refractivity contribution is 0.432. The highest BCUT2D eigenvalue weighted by molar-refractivity contribution is 7.92. The lowest BCUT2D eigenvalue weighted by Gasteiger charge is -2.10. The van der Waals surface area contributed by atoms with Crippen LogP contribution in [0.5, 0.6) is 0 Å². The van der Waals surface area contributed by atoms with E-state index in [9.17, 15) is 18.0 Å². The summed E-state index contributed by atoms with van der Waals surface area (Å²) in [7, 11) is -2.64. The molecule has 9 heteroatoms. The van der Waals surface area contributed by atoms with E-state index in [1.807, 2.05) is 6.07 Å². The summed E-state index contributed by atoms with van der Waals surface area (Å²) in [6.07, 6.45) is 0. The molecular weight excluding hydrogens is 346 g/mol. The third-order valence-corrected chi connectivity index (χ3v) is 4.97. The van der Waals surface area contributed by atoms with Gasteiger partial charge in [-0.2, -0.15) is 5.26 Å². The molecule has 0 saturated carbocycles. The van der Waals surface area contributed by atoms with Crippen LogP contribution in [0.3, 0.4) is 0 Å². The van der Waals surface area contributed by atoms with Crippen LogP contribution in [-0.4, -0.2) is 13.0 Å². The van der Waals surface area contributed by atoms with Gasteiger partial charge < -0.3 is 4.42 Å². The molecule has 0 aliphatic carbocycles. The maximum atomic E-state index is 12.6. The van der Waals surface area contributed by atoms with Crippen LogP contribution in [0, 0.1) is 11.3 Å². The van der Waals surface area contributed by atoms with Crippen LogP contribution in [0.2, 0.25) is 0 Å². The Labute approximate surface area is 141 Å². The molecule has 0 atom stereocenters. The highest BCUT2D eigenvalue weighted by atomic mass is 32.2. The van der Waals surface area contributed by atoms with Gasteiger partial charge >= 0.3 is 11.4 Å². The summed E-state index contributed by atoms with van der Waals surface area (Å²) >= 11 is 0. The molecule has 3 aromatic rings. The maximum Gasteiger partial charge on any atom is 0.422 e. The van der Waals surface area contributed by atoms with Crippen molar-refractivity contribution in [2.45, 2.75) is 4.90 Å². The molecule has 3 rings (SSSR count). The number of aromatic nitrogens is 1. The van der Waals surface area contributed by atoms with Crippen LogP contribution >= 0.6 is 0 Å². The Hall–Kier alpha value is -3.38. The van der Waals surface area contributed by atoms with Crippen molar-refractivity contribution in [1.82, 2.24) is 4.57 Å². The highest BCUT2D eigenvalue weighted by Crippen LogP contribution is 2.21. The molecule has 0 fully saturated rings. The van der Waals surface area contributed by atoms with Crippen LogP contribution in [0.4, 0.5) is 5.69 Å². The molecule has 0 spiro atoms. The monoisotopic (exact) mass is 357 g/mol. The zero-order chi connectivity index (χ0) is 18.2. The third-order valence-electron chi connectivity index (χ3n) is 3.61. The largest absolute Gasteiger partial charge is 0.422 e. The summed E-state index contributed by atoms with van der Waals surface area (Å²) in [6, 6.07) is 11.7.